The van der Waals surface area contributed by atoms with Gasteiger partial charge in [0, 0.05) is 12.7 Å². The second-order valence-corrected chi connectivity index (χ2v) is 10.9. The molecule has 0 bridgehead atoms. The second-order valence-electron chi connectivity index (χ2n) is 8.09. The molecule has 4 rings (SSSR count). The number of aromatic nitrogens is 2. The molecular weight excluding hydrogens is 516 g/mol. The lowest BCUT2D eigenvalue weighted by Crippen LogP contribution is -2.32. The summed E-state index contributed by atoms with van der Waals surface area (Å²) in [4.78, 5) is 38.3. The van der Waals surface area contributed by atoms with E-state index in [1.54, 1.807) is 54.4 Å². The Labute approximate surface area is 217 Å². The monoisotopic (exact) mass is 540 g/mol. The Balaban J connectivity index is 1.42. The first kappa shape index (κ1) is 25.9. The average Bonchev–Trinajstić information content (AvgIpc) is 3.49. The Morgan fingerprint density at radius 3 is 2.30 bits per heavy atom. The van der Waals surface area contributed by atoms with Gasteiger partial charge in [-0.1, -0.05) is 24.3 Å². The zero-order chi connectivity index (χ0) is 26.7. The molecule has 0 aliphatic carbocycles. The number of thiophene rings is 1. The molecule has 10 nitrogen and oxygen atoms in total. The topological polar surface area (TPSA) is 128 Å². The summed E-state index contributed by atoms with van der Waals surface area (Å²) in [7, 11) is -2.02. The molecule has 12 heteroatoms. The van der Waals surface area contributed by atoms with E-state index in [1.807, 2.05) is 6.07 Å². The molecule has 2 aromatic heterocycles. The molecule has 1 atom stereocenters. The largest absolute Gasteiger partial charge is 0.449 e. The number of carbonyl (C=O) groups excluding carboxylic acids is 2. The first-order chi connectivity index (χ1) is 17.6. The van der Waals surface area contributed by atoms with Crippen LogP contribution in [0.2, 0.25) is 0 Å². The van der Waals surface area contributed by atoms with E-state index in [0.717, 1.165) is 11.3 Å². The number of sulfonamides is 1. The van der Waals surface area contributed by atoms with Crippen LogP contribution in [0, 0.1) is 6.92 Å². The molecule has 0 spiro atoms. The number of ether oxygens (including phenoxy) is 1. The van der Waals surface area contributed by atoms with Crippen LogP contribution in [0.15, 0.2) is 81.1 Å². The summed E-state index contributed by atoms with van der Waals surface area (Å²) < 4.78 is 35.6. The summed E-state index contributed by atoms with van der Waals surface area (Å²) in [5.41, 5.74) is 1.23. The van der Waals surface area contributed by atoms with Crippen molar-refractivity contribution in [2.24, 2.45) is 7.05 Å². The van der Waals surface area contributed by atoms with Crippen LogP contribution in [-0.2, 0) is 26.6 Å². The van der Waals surface area contributed by atoms with E-state index in [-0.39, 0.29) is 21.1 Å². The van der Waals surface area contributed by atoms with E-state index in [9.17, 15) is 22.8 Å². The van der Waals surface area contributed by atoms with E-state index in [1.165, 1.54) is 41.9 Å². The molecule has 2 N–H and O–H groups in total. The number of benzene rings is 2. The molecule has 4 aromatic rings. The highest BCUT2D eigenvalue weighted by molar-refractivity contribution is 7.94. The summed E-state index contributed by atoms with van der Waals surface area (Å²) in [5, 5.41) is 4.22. The van der Waals surface area contributed by atoms with Crippen LogP contribution in [0.25, 0.3) is 5.69 Å². The predicted molar refractivity (Wildman–Crippen MR) is 141 cm³/mol. The molecule has 0 aliphatic heterocycles. The van der Waals surface area contributed by atoms with Gasteiger partial charge in [-0.15, -0.1) is 11.3 Å². The van der Waals surface area contributed by atoms with E-state index in [4.69, 9.17) is 4.74 Å². The fraction of sp³-hybridized carbons (Fsp3) is 0.160. The van der Waals surface area contributed by atoms with Gasteiger partial charge in [-0.05, 0) is 61.7 Å². The predicted octanol–water partition coefficient (Wildman–Crippen LogP) is 3.53. The fourth-order valence-electron chi connectivity index (χ4n) is 3.52. The molecule has 2 heterocycles. The van der Waals surface area contributed by atoms with Crippen LogP contribution < -0.4 is 15.6 Å². The Morgan fingerprint density at radius 1 is 1.00 bits per heavy atom. The van der Waals surface area contributed by atoms with Crippen LogP contribution >= 0.6 is 11.3 Å². The Morgan fingerprint density at radius 2 is 1.68 bits per heavy atom. The van der Waals surface area contributed by atoms with Gasteiger partial charge in [0.15, 0.2) is 6.10 Å². The van der Waals surface area contributed by atoms with Crippen molar-refractivity contribution in [1.29, 1.82) is 0 Å². The van der Waals surface area contributed by atoms with Crippen molar-refractivity contribution in [2.75, 3.05) is 10.0 Å². The van der Waals surface area contributed by atoms with Gasteiger partial charge >= 0.3 is 5.97 Å². The van der Waals surface area contributed by atoms with Crippen molar-refractivity contribution in [3.63, 3.8) is 0 Å². The SMILES string of the molecule is Cc1c(NC(=O)[C@@H](C)OC(=O)c2ccc(NS(=O)(=O)c3cccs3)cc2)c(=O)n(-c2ccccc2)n1C. The molecule has 0 fully saturated rings. The van der Waals surface area contributed by atoms with E-state index in [2.05, 4.69) is 10.0 Å². The van der Waals surface area contributed by atoms with Crippen molar-refractivity contribution in [2.45, 2.75) is 24.2 Å². The molecule has 0 saturated heterocycles. The zero-order valence-electron chi connectivity index (χ0n) is 20.2. The number of rotatable bonds is 8. The molecule has 37 heavy (non-hydrogen) atoms. The maximum atomic E-state index is 13.0. The number of para-hydroxylation sites is 1. The summed E-state index contributed by atoms with van der Waals surface area (Å²) in [6.45, 7) is 3.09. The summed E-state index contributed by atoms with van der Waals surface area (Å²) in [6, 6.07) is 17.7. The minimum atomic E-state index is -3.72. The lowest BCUT2D eigenvalue weighted by atomic mass is 10.2. The van der Waals surface area contributed by atoms with E-state index in [0.29, 0.717) is 11.4 Å². The average molecular weight is 541 g/mol. The smallest absolute Gasteiger partial charge is 0.338 e. The molecule has 0 unspecified atom stereocenters. The Hall–Kier alpha value is -4.16. The summed E-state index contributed by atoms with van der Waals surface area (Å²) in [6.07, 6.45) is -1.20. The number of carbonyl (C=O) groups is 2. The van der Waals surface area contributed by atoms with E-state index < -0.39 is 33.6 Å². The Bertz CT molecular complexity index is 1590. The van der Waals surface area contributed by atoms with Gasteiger partial charge in [-0.25, -0.2) is 17.9 Å². The number of nitrogens with zero attached hydrogens (tertiary/aromatic N) is 2. The maximum Gasteiger partial charge on any atom is 0.338 e. The molecule has 192 valence electrons. The highest BCUT2D eigenvalue weighted by Gasteiger charge is 2.24. The van der Waals surface area contributed by atoms with Crippen LogP contribution in [0.3, 0.4) is 0 Å². The van der Waals surface area contributed by atoms with Gasteiger partial charge < -0.3 is 10.1 Å². The Kier molecular flexibility index (Phi) is 7.32. The van der Waals surface area contributed by atoms with Gasteiger partial charge in [0.05, 0.1) is 16.9 Å². The second kappa shape index (κ2) is 10.4. The highest BCUT2D eigenvalue weighted by atomic mass is 32.2. The van der Waals surface area contributed by atoms with Gasteiger partial charge in [-0.2, -0.15) is 0 Å². The third-order valence-corrected chi connectivity index (χ3v) is 8.37. The quantitative estimate of drug-likeness (QED) is 0.329. The lowest BCUT2D eigenvalue weighted by Gasteiger charge is -2.13. The zero-order valence-corrected chi connectivity index (χ0v) is 21.8. The number of hydrogen-bond acceptors (Lipinski definition) is 7. The maximum absolute atomic E-state index is 13.0. The van der Waals surface area contributed by atoms with Gasteiger partial charge in [-0.3, -0.25) is 19.0 Å². The fourth-order valence-corrected chi connectivity index (χ4v) is 5.57. The van der Waals surface area contributed by atoms with Crippen molar-refractivity contribution >= 4 is 44.6 Å². The molecule has 0 saturated carbocycles. The van der Waals surface area contributed by atoms with E-state index >= 15 is 0 Å². The van der Waals surface area contributed by atoms with Gasteiger partial charge in [0.25, 0.3) is 21.5 Å². The van der Waals surface area contributed by atoms with Crippen LogP contribution in [-0.4, -0.2) is 35.8 Å². The van der Waals surface area contributed by atoms with Gasteiger partial charge in [0.2, 0.25) is 0 Å². The number of hydrogen-bond donors (Lipinski definition) is 2. The normalized spacial score (nSPS) is 12.1. The van der Waals surface area contributed by atoms with Crippen LogP contribution in [0.1, 0.15) is 23.0 Å². The molecule has 1 amide bonds. The van der Waals surface area contributed by atoms with Gasteiger partial charge in [0.1, 0.15) is 9.90 Å². The first-order valence-corrected chi connectivity index (χ1v) is 13.5. The summed E-state index contributed by atoms with van der Waals surface area (Å²) >= 11 is 1.09. The number of esters is 1. The molecular formula is C25H24N4O6S2. The molecule has 0 aliphatic rings. The number of anilines is 2. The van der Waals surface area contributed by atoms with Crippen molar-refractivity contribution in [3.05, 3.63) is 93.7 Å². The molecule has 2 aromatic carbocycles. The molecule has 0 radical (unpaired) electrons. The lowest BCUT2D eigenvalue weighted by molar-refractivity contribution is -0.123. The highest BCUT2D eigenvalue weighted by Crippen LogP contribution is 2.21. The standard InChI is InChI=1S/C25H24N4O6S2/c1-16-22(24(31)29(28(16)3)20-8-5-4-6-9-20)26-23(30)17(2)35-25(32)18-11-13-19(14-12-18)27-37(33,34)21-10-7-15-36-21/h4-15,17,27H,1-3H3,(H,26,30)/t17-/m1/s1. The van der Waals surface area contributed by atoms with Crippen molar-refractivity contribution in [1.82, 2.24) is 9.36 Å². The van der Waals surface area contributed by atoms with Crippen molar-refractivity contribution in [3.8, 4) is 5.69 Å². The van der Waals surface area contributed by atoms with Crippen molar-refractivity contribution < 1.29 is 22.7 Å². The minimum absolute atomic E-state index is 0.0848. The summed E-state index contributed by atoms with van der Waals surface area (Å²) in [5.74, 6) is -1.44. The number of nitrogens with one attached hydrogen (secondary N) is 2. The van der Waals surface area contributed by atoms with Crippen LogP contribution in [0.4, 0.5) is 11.4 Å². The first-order valence-electron chi connectivity index (χ1n) is 11.1. The van der Waals surface area contributed by atoms with Crippen LogP contribution in [0.5, 0.6) is 0 Å². The number of amides is 1. The minimum Gasteiger partial charge on any atom is -0.449 e. The third-order valence-electron chi connectivity index (χ3n) is 5.59. The third kappa shape index (κ3) is 5.49.